The molecule has 0 aliphatic rings. The molecule has 0 aliphatic heterocycles. The van der Waals surface area contributed by atoms with Gasteiger partial charge in [-0.2, -0.15) is 0 Å². The van der Waals surface area contributed by atoms with Gasteiger partial charge in [0.2, 0.25) is 0 Å². The predicted octanol–water partition coefficient (Wildman–Crippen LogP) is 2.50. The Morgan fingerprint density at radius 3 is 1.35 bits per heavy atom. The molecule has 3 aromatic carbocycles. The Morgan fingerprint density at radius 1 is 0.731 bits per heavy atom. The highest BCUT2D eigenvalue weighted by Gasteiger charge is 2.33. The number of ether oxygens (including phenoxy) is 1. The van der Waals surface area contributed by atoms with E-state index >= 15 is 0 Å². The van der Waals surface area contributed by atoms with Crippen molar-refractivity contribution in [1.82, 2.24) is 5.32 Å². The lowest BCUT2D eigenvalue weighted by Crippen LogP contribution is -2.38. The molecule has 1 N–H and O–H groups in total. The molecule has 0 aromatic heterocycles. The first-order chi connectivity index (χ1) is 12.7. The molecule has 0 saturated heterocycles. The zero-order valence-corrected chi connectivity index (χ0v) is 15.8. The van der Waals surface area contributed by atoms with Crippen molar-refractivity contribution in [1.29, 1.82) is 0 Å². The number of benzene rings is 3. The number of carbonyl (C=O) groups excluding carboxylic acids is 1. The lowest BCUT2D eigenvalue weighted by molar-refractivity contribution is -0.115. The van der Waals surface area contributed by atoms with Crippen LogP contribution in [0.4, 0.5) is 0 Å². The number of nitrogens with one attached hydrogen (secondary N) is 1. The highest BCUT2D eigenvalue weighted by atomic mass is 31.2. The van der Waals surface area contributed by atoms with Crippen LogP contribution in [0.1, 0.15) is 0 Å². The first kappa shape index (κ1) is 18.2. The van der Waals surface area contributed by atoms with Crippen LogP contribution in [0, 0.1) is 0 Å². The fourth-order valence-corrected chi connectivity index (χ4v) is 7.39. The van der Waals surface area contributed by atoms with Gasteiger partial charge >= 0.3 is 0 Å². The first-order valence-corrected chi connectivity index (χ1v) is 10.2. The van der Waals surface area contributed by atoms with Crippen LogP contribution in [0.25, 0.3) is 0 Å². The minimum absolute atomic E-state index is 0.197. The summed E-state index contributed by atoms with van der Waals surface area (Å²) in [6.07, 6.45) is 0. The molecule has 0 aliphatic carbocycles. The molecular weight excluding hydrogens is 341 g/mol. The molecule has 3 nitrogen and oxygen atoms in total. The second-order valence-corrected chi connectivity index (χ2v) is 9.06. The van der Waals surface area contributed by atoms with Gasteiger partial charge < -0.3 is 10.1 Å². The van der Waals surface area contributed by atoms with Gasteiger partial charge in [0, 0.05) is 21.0 Å². The molecule has 4 heteroatoms. The van der Waals surface area contributed by atoms with Crippen molar-refractivity contribution in [2.45, 2.75) is 0 Å². The molecule has 0 fully saturated rings. The number of likely N-dealkylation sites (N-methyl/N-ethyl adjacent to an activating group) is 1. The molecule has 0 radical (unpaired) electrons. The molecule has 0 bridgehead atoms. The van der Waals surface area contributed by atoms with Crippen molar-refractivity contribution in [3.05, 3.63) is 91.0 Å². The van der Waals surface area contributed by atoms with Crippen LogP contribution in [0.3, 0.4) is 0 Å². The molecule has 0 spiro atoms. The fourth-order valence-electron chi connectivity index (χ4n) is 3.24. The first-order valence-electron chi connectivity index (χ1n) is 8.44. The van der Waals surface area contributed by atoms with Crippen LogP contribution in [-0.4, -0.2) is 25.5 Å². The van der Waals surface area contributed by atoms with Crippen molar-refractivity contribution in [2.75, 3.05) is 14.2 Å². The third-order valence-corrected chi connectivity index (χ3v) is 8.56. The van der Waals surface area contributed by atoms with E-state index in [0.29, 0.717) is 5.48 Å². The van der Waals surface area contributed by atoms with Gasteiger partial charge in [-0.15, -0.1) is 0 Å². The van der Waals surface area contributed by atoms with E-state index in [-0.39, 0.29) is 5.91 Å². The topological polar surface area (TPSA) is 38.3 Å². The predicted molar refractivity (Wildman–Crippen MR) is 111 cm³/mol. The van der Waals surface area contributed by atoms with Crippen LogP contribution < -0.4 is 21.2 Å². The highest BCUT2D eigenvalue weighted by molar-refractivity contribution is 7.96. The van der Waals surface area contributed by atoms with E-state index in [4.69, 9.17) is 4.74 Å². The number of rotatable bonds is 5. The molecule has 0 atom stereocenters. The third-order valence-electron chi connectivity index (χ3n) is 4.35. The average Bonchev–Trinajstić information content (AvgIpc) is 2.73. The Balaban J connectivity index is 2.56. The molecule has 3 rings (SSSR count). The lowest BCUT2D eigenvalue weighted by atomic mass is 10.4. The number of methoxy groups -OCH3 is 1. The number of hydrogen-bond acceptors (Lipinski definition) is 2. The summed E-state index contributed by atoms with van der Waals surface area (Å²) in [4.78, 5) is 12.9. The maximum Gasteiger partial charge on any atom is 0.275 e. The van der Waals surface area contributed by atoms with E-state index in [1.165, 1.54) is 0 Å². The molecule has 132 valence electrons. The Hall–Kier alpha value is -2.61. The zero-order valence-electron chi connectivity index (χ0n) is 14.9. The van der Waals surface area contributed by atoms with Crippen LogP contribution in [0.2, 0.25) is 0 Å². The van der Waals surface area contributed by atoms with E-state index < -0.39 is 6.89 Å². The van der Waals surface area contributed by atoms with Crippen LogP contribution in [-0.2, 0) is 9.53 Å². The maximum absolute atomic E-state index is 12.9. The van der Waals surface area contributed by atoms with Gasteiger partial charge in [-0.25, -0.2) is 0 Å². The van der Waals surface area contributed by atoms with E-state index in [1.54, 1.807) is 14.2 Å². The number of carbonyl (C=O) groups is 1. The summed E-state index contributed by atoms with van der Waals surface area (Å²) in [5, 5.41) is 6.00. The van der Waals surface area contributed by atoms with Crippen LogP contribution in [0.5, 0.6) is 0 Å². The van der Waals surface area contributed by atoms with E-state index in [0.717, 1.165) is 15.9 Å². The fraction of sp³-hybridized carbons (Fsp3) is 0.0909. The second-order valence-electron chi connectivity index (χ2n) is 5.77. The zero-order chi connectivity index (χ0) is 18.4. The summed E-state index contributed by atoms with van der Waals surface area (Å²) in [7, 11) is 3.21. The molecule has 3 aromatic rings. The Morgan fingerprint density at radius 2 is 1.08 bits per heavy atom. The van der Waals surface area contributed by atoms with Gasteiger partial charge in [-0.1, -0.05) is 91.0 Å². The normalized spacial score (nSPS) is 11.0. The molecule has 0 heterocycles. The highest BCUT2D eigenvalue weighted by Crippen LogP contribution is 2.46. The van der Waals surface area contributed by atoms with Gasteiger partial charge in [0.1, 0.15) is 5.48 Å². The van der Waals surface area contributed by atoms with Crippen molar-refractivity contribution in [3.8, 4) is 0 Å². The van der Waals surface area contributed by atoms with Gasteiger partial charge in [-0.3, -0.25) is 4.79 Å². The van der Waals surface area contributed by atoms with Gasteiger partial charge in [-0.05, 0) is 15.9 Å². The minimum Gasteiger partial charge on any atom is -0.353 e. The monoisotopic (exact) mass is 363 g/mol. The smallest absolute Gasteiger partial charge is 0.275 e. The number of hydrogen-bond donors (Lipinski definition) is 1. The van der Waals surface area contributed by atoms with Crippen LogP contribution >= 0.6 is 6.89 Å². The van der Waals surface area contributed by atoms with E-state index in [1.807, 2.05) is 54.6 Å². The van der Waals surface area contributed by atoms with Gasteiger partial charge in [0.15, 0.2) is 0 Å². The summed E-state index contributed by atoms with van der Waals surface area (Å²) in [6.45, 7) is -2.45. The Kier molecular flexibility index (Phi) is 5.72. The van der Waals surface area contributed by atoms with Crippen LogP contribution in [0.15, 0.2) is 91.0 Å². The van der Waals surface area contributed by atoms with Gasteiger partial charge in [0.05, 0.1) is 0 Å². The Labute approximate surface area is 154 Å². The quantitative estimate of drug-likeness (QED) is 0.708. The largest absolute Gasteiger partial charge is 0.353 e. The molecule has 26 heavy (non-hydrogen) atoms. The summed E-state index contributed by atoms with van der Waals surface area (Å²) in [6, 6.07) is 30.5. The molecular formula is C22H22NO2P. The summed E-state index contributed by atoms with van der Waals surface area (Å²) >= 11 is 0. The SMILES string of the molecule is CNC(=O)C(OC)=P(c1ccccc1)(c1ccccc1)c1ccccc1. The van der Waals surface area contributed by atoms with Crippen molar-refractivity contribution in [3.63, 3.8) is 0 Å². The summed E-state index contributed by atoms with van der Waals surface area (Å²) < 4.78 is 5.79. The van der Waals surface area contributed by atoms with Crippen molar-refractivity contribution < 1.29 is 9.53 Å². The molecule has 0 unspecified atom stereocenters. The third kappa shape index (κ3) is 3.12. The van der Waals surface area contributed by atoms with Crippen molar-refractivity contribution >= 4 is 34.2 Å². The summed E-state index contributed by atoms with van der Waals surface area (Å²) in [5.74, 6) is -0.197. The van der Waals surface area contributed by atoms with Gasteiger partial charge in [0.25, 0.3) is 5.91 Å². The maximum atomic E-state index is 12.9. The lowest BCUT2D eigenvalue weighted by Gasteiger charge is -2.31. The summed E-state index contributed by atoms with van der Waals surface area (Å²) in [5.41, 5.74) is 0.448. The standard InChI is InChI=1S/C22H22NO2P/c1-23-21(24)22(25-2)26(18-12-6-3-7-13-18,19-14-8-4-9-15-19)20-16-10-5-11-17-20/h3-17H,1-2H3,(H,23,24). The molecule has 0 saturated carbocycles. The molecule has 1 amide bonds. The second kappa shape index (κ2) is 8.18. The minimum atomic E-state index is -2.45. The Bertz CT molecular complexity index is 819. The van der Waals surface area contributed by atoms with E-state index in [2.05, 4.69) is 41.7 Å². The van der Waals surface area contributed by atoms with E-state index in [9.17, 15) is 4.79 Å². The number of amides is 1. The average molecular weight is 363 g/mol. The van der Waals surface area contributed by atoms with Crippen molar-refractivity contribution in [2.24, 2.45) is 0 Å².